The van der Waals surface area contributed by atoms with Crippen LogP contribution in [-0.4, -0.2) is 59.6 Å². The van der Waals surface area contributed by atoms with Crippen molar-refractivity contribution in [1.29, 1.82) is 0 Å². The Hall–Kier alpha value is 0.570. The Labute approximate surface area is 83.7 Å². The number of hydrogen-bond donors (Lipinski definition) is 0. The van der Waals surface area contributed by atoms with E-state index in [1.807, 2.05) is 0 Å². The average Bonchev–Trinajstić information content (AvgIpc) is 1.82. The highest BCUT2D eigenvalue weighted by Gasteiger charge is 2.36. The van der Waals surface area contributed by atoms with Gasteiger partial charge in [-0.25, -0.2) is 0 Å². The summed E-state index contributed by atoms with van der Waals surface area (Å²) in [6.45, 7) is 7.12. The molecule has 4 saturated heterocycles. The predicted molar refractivity (Wildman–Crippen MR) is 52.0 cm³/mol. The second-order valence-corrected chi connectivity index (χ2v) is 3.53. The molecule has 4 aliphatic rings. The summed E-state index contributed by atoms with van der Waals surface area (Å²) >= 11 is 0. The molecule has 4 rings (SSSR count). The van der Waals surface area contributed by atoms with Crippen LogP contribution in [0.1, 0.15) is 0 Å². The van der Waals surface area contributed by atoms with Crippen LogP contribution >= 0.6 is 24.0 Å². The molecule has 4 aliphatic heterocycles. The van der Waals surface area contributed by atoms with E-state index in [2.05, 4.69) is 19.6 Å². The topological polar surface area (TPSA) is 13.0 Å². The summed E-state index contributed by atoms with van der Waals surface area (Å²) in [7, 11) is 0. The van der Waals surface area contributed by atoms with Gasteiger partial charge in [0.1, 0.15) is 0 Å². The monoisotopic (exact) mass is 268 g/mol. The quantitative estimate of drug-likeness (QED) is 0.554. The zero-order chi connectivity index (χ0) is 6.55. The standard InChI is InChI=1S/C6H12N4.HI/c1-7-2-9-4-8(1)5-10(3-7)6-9;/h1-6H2;1H. The van der Waals surface area contributed by atoms with Crippen molar-refractivity contribution in [1.82, 2.24) is 19.6 Å². The maximum absolute atomic E-state index is 2.47. The van der Waals surface area contributed by atoms with Crippen LogP contribution in [0.2, 0.25) is 0 Å². The third-order valence-electron chi connectivity index (χ3n) is 2.40. The number of hydrogen-bond acceptors (Lipinski definition) is 4. The minimum absolute atomic E-state index is 0. The molecule has 5 heteroatoms. The normalized spacial score (nSPS) is 52.4. The van der Waals surface area contributed by atoms with Crippen LogP contribution in [0.3, 0.4) is 0 Å². The summed E-state index contributed by atoms with van der Waals surface area (Å²) in [5.74, 6) is 0. The first-order valence-electron chi connectivity index (χ1n) is 3.79. The van der Waals surface area contributed by atoms with Gasteiger partial charge in [-0.3, -0.25) is 19.6 Å². The lowest BCUT2D eigenvalue weighted by Gasteiger charge is -2.56. The molecule has 0 spiro atoms. The van der Waals surface area contributed by atoms with Crippen molar-refractivity contribution < 1.29 is 0 Å². The molecule has 0 radical (unpaired) electrons. The lowest BCUT2D eigenvalue weighted by Crippen LogP contribution is -2.71. The molecule has 0 saturated carbocycles. The Morgan fingerprint density at radius 2 is 0.636 bits per heavy atom. The second-order valence-electron chi connectivity index (χ2n) is 3.53. The van der Waals surface area contributed by atoms with Gasteiger partial charge < -0.3 is 0 Å². The molecule has 4 nitrogen and oxygen atoms in total. The molecule has 0 aliphatic carbocycles. The number of halogens is 1. The van der Waals surface area contributed by atoms with E-state index in [-0.39, 0.29) is 24.0 Å². The van der Waals surface area contributed by atoms with Crippen LogP contribution in [-0.2, 0) is 0 Å². The van der Waals surface area contributed by atoms with Crippen molar-refractivity contribution in [2.24, 2.45) is 0 Å². The minimum Gasteiger partial charge on any atom is -0.264 e. The maximum atomic E-state index is 2.47. The largest absolute Gasteiger partial charge is 0.264 e. The maximum Gasteiger partial charge on any atom is 0.0555 e. The Morgan fingerprint density at radius 3 is 0.818 bits per heavy atom. The van der Waals surface area contributed by atoms with Gasteiger partial charge in [-0.2, -0.15) is 0 Å². The zero-order valence-corrected chi connectivity index (χ0v) is 8.77. The van der Waals surface area contributed by atoms with E-state index >= 15 is 0 Å². The van der Waals surface area contributed by atoms with E-state index in [0.29, 0.717) is 0 Å². The fourth-order valence-electron chi connectivity index (χ4n) is 2.23. The molecule has 11 heavy (non-hydrogen) atoms. The highest BCUT2D eigenvalue weighted by atomic mass is 127. The highest BCUT2D eigenvalue weighted by Crippen LogP contribution is 2.20. The van der Waals surface area contributed by atoms with Gasteiger partial charge in [-0.1, -0.05) is 0 Å². The molecular weight excluding hydrogens is 255 g/mol. The average molecular weight is 268 g/mol. The van der Waals surface area contributed by atoms with Crippen molar-refractivity contribution in [2.75, 3.05) is 40.0 Å². The van der Waals surface area contributed by atoms with E-state index in [1.165, 1.54) is 40.0 Å². The molecule has 0 N–H and O–H groups in total. The van der Waals surface area contributed by atoms with Crippen LogP contribution in [0.15, 0.2) is 0 Å². The molecule has 4 bridgehead atoms. The van der Waals surface area contributed by atoms with Crippen molar-refractivity contribution in [3.8, 4) is 0 Å². The first-order chi connectivity index (χ1) is 4.90. The lowest BCUT2D eigenvalue weighted by molar-refractivity contribution is -0.194. The van der Waals surface area contributed by atoms with Crippen LogP contribution < -0.4 is 0 Å². The van der Waals surface area contributed by atoms with Crippen LogP contribution in [0.5, 0.6) is 0 Å². The third-order valence-corrected chi connectivity index (χ3v) is 2.40. The van der Waals surface area contributed by atoms with E-state index in [4.69, 9.17) is 0 Å². The summed E-state index contributed by atoms with van der Waals surface area (Å²) in [4.78, 5) is 9.88. The molecule has 0 atom stereocenters. The minimum atomic E-state index is 0. The fraction of sp³-hybridized carbons (Fsp3) is 1.00. The van der Waals surface area contributed by atoms with Gasteiger partial charge in [0.05, 0.1) is 40.0 Å². The van der Waals surface area contributed by atoms with Gasteiger partial charge in [0.2, 0.25) is 0 Å². The smallest absolute Gasteiger partial charge is 0.0555 e. The van der Waals surface area contributed by atoms with E-state index in [9.17, 15) is 0 Å². The van der Waals surface area contributed by atoms with Crippen LogP contribution in [0, 0.1) is 0 Å². The molecule has 4 heterocycles. The molecule has 4 fully saturated rings. The van der Waals surface area contributed by atoms with Gasteiger partial charge in [-0.15, -0.1) is 24.0 Å². The molecule has 64 valence electrons. The van der Waals surface area contributed by atoms with E-state index in [1.54, 1.807) is 0 Å². The summed E-state index contributed by atoms with van der Waals surface area (Å²) in [6.07, 6.45) is 0. The molecule has 0 aromatic carbocycles. The zero-order valence-electron chi connectivity index (χ0n) is 6.44. The fourth-order valence-corrected chi connectivity index (χ4v) is 2.23. The highest BCUT2D eigenvalue weighted by molar-refractivity contribution is 14.0. The first kappa shape index (κ1) is 8.18. The van der Waals surface area contributed by atoms with E-state index < -0.39 is 0 Å². The number of nitrogens with zero attached hydrogens (tertiary/aromatic N) is 4. The summed E-state index contributed by atoms with van der Waals surface area (Å²) in [6, 6.07) is 0. The van der Waals surface area contributed by atoms with Crippen LogP contribution in [0.25, 0.3) is 0 Å². The molecular formula is C6H13IN4. The van der Waals surface area contributed by atoms with Gasteiger partial charge in [-0.05, 0) is 0 Å². The SMILES string of the molecule is C1N2CN3CN1CN(C2)C3.I. The molecule has 0 unspecified atom stereocenters. The van der Waals surface area contributed by atoms with Crippen LogP contribution in [0.4, 0.5) is 0 Å². The van der Waals surface area contributed by atoms with Gasteiger partial charge in [0.15, 0.2) is 0 Å². The predicted octanol–water partition coefficient (Wildman–Crippen LogP) is -0.402. The molecule has 0 amide bonds. The Morgan fingerprint density at radius 1 is 0.455 bits per heavy atom. The number of rotatable bonds is 0. The third kappa shape index (κ3) is 1.29. The summed E-state index contributed by atoms with van der Waals surface area (Å²) in [5, 5.41) is 0. The van der Waals surface area contributed by atoms with E-state index in [0.717, 1.165) is 0 Å². The summed E-state index contributed by atoms with van der Waals surface area (Å²) < 4.78 is 0. The van der Waals surface area contributed by atoms with Gasteiger partial charge >= 0.3 is 0 Å². The Kier molecular flexibility index (Phi) is 2.09. The Bertz CT molecular complexity index is 106. The molecule has 0 aromatic rings. The molecule has 0 aromatic heterocycles. The van der Waals surface area contributed by atoms with Gasteiger partial charge in [0, 0.05) is 0 Å². The van der Waals surface area contributed by atoms with Crippen molar-refractivity contribution >= 4 is 24.0 Å². The van der Waals surface area contributed by atoms with Crippen molar-refractivity contribution in [3.05, 3.63) is 0 Å². The summed E-state index contributed by atoms with van der Waals surface area (Å²) in [5.41, 5.74) is 0. The van der Waals surface area contributed by atoms with Crippen molar-refractivity contribution in [2.45, 2.75) is 0 Å². The second kappa shape index (κ2) is 2.81. The Balaban J connectivity index is 0.000000480. The van der Waals surface area contributed by atoms with Crippen molar-refractivity contribution in [3.63, 3.8) is 0 Å². The van der Waals surface area contributed by atoms with Gasteiger partial charge in [0.25, 0.3) is 0 Å². The lowest BCUT2D eigenvalue weighted by atomic mass is 10.4. The first-order valence-corrected chi connectivity index (χ1v) is 3.79.